The highest BCUT2D eigenvalue weighted by Crippen LogP contribution is 2.23. The van der Waals surface area contributed by atoms with Crippen LogP contribution in [0.1, 0.15) is 27.0 Å². The van der Waals surface area contributed by atoms with E-state index in [1.807, 2.05) is 54.3 Å². The smallest absolute Gasteiger partial charge is 0.267 e. The van der Waals surface area contributed by atoms with Crippen LogP contribution in [0.4, 0.5) is 0 Å². The minimum absolute atomic E-state index is 0.204. The lowest BCUT2D eigenvalue weighted by Gasteiger charge is -2.11. The number of para-hydroxylation sites is 1. The molecule has 3 aromatic carbocycles. The Bertz CT molecular complexity index is 1590. The number of nitrogens with zero attached hydrogens (tertiary/aromatic N) is 1. The Kier molecular flexibility index (Phi) is 6.41. The topological polar surface area (TPSA) is 78.9 Å². The van der Waals surface area contributed by atoms with Gasteiger partial charge in [0.1, 0.15) is 5.70 Å². The molecular formula is C30H28N4O2. The van der Waals surface area contributed by atoms with Crippen LogP contribution in [0.25, 0.3) is 27.9 Å². The normalized spacial score (nSPS) is 11.7. The number of aromatic nitrogens is 2. The molecule has 2 aromatic heterocycles. The van der Waals surface area contributed by atoms with Crippen LogP contribution >= 0.6 is 0 Å². The number of rotatable bonds is 7. The zero-order chi connectivity index (χ0) is 25.1. The summed E-state index contributed by atoms with van der Waals surface area (Å²) in [7, 11) is 1.96. The number of H-pyrrole nitrogens is 1. The van der Waals surface area contributed by atoms with E-state index in [0.717, 1.165) is 32.9 Å². The molecule has 0 bridgehead atoms. The average Bonchev–Trinajstić information content (AvgIpc) is 3.44. The Morgan fingerprint density at radius 1 is 0.972 bits per heavy atom. The Morgan fingerprint density at radius 3 is 2.58 bits per heavy atom. The molecule has 0 spiro atoms. The van der Waals surface area contributed by atoms with E-state index in [1.165, 1.54) is 5.56 Å². The van der Waals surface area contributed by atoms with Gasteiger partial charge in [0.2, 0.25) is 0 Å². The van der Waals surface area contributed by atoms with E-state index in [-0.39, 0.29) is 17.5 Å². The maximum Gasteiger partial charge on any atom is 0.267 e. The van der Waals surface area contributed by atoms with Gasteiger partial charge in [-0.05, 0) is 55.3 Å². The van der Waals surface area contributed by atoms with Gasteiger partial charge in [-0.3, -0.25) is 9.59 Å². The molecule has 6 heteroatoms. The number of aromatic amines is 1. The van der Waals surface area contributed by atoms with Gasteiger partial charge in [-0.15, -0.1) is 0 Å². The van der Waals surface area contributed by atoms with Gasteiger partial charge >= 0.3 is 0 Å². The highest BCUT2D eigenvalue weighted by atomic mass is 16.2. The molecule has 3 N–H and O–H groups in total. The zero-order valence-electron chi connectivity index (χ0n) is 20.3. The maximum absolute atomic E-state index is 13.3. The van der Waals surface area contributed by atoms with Crippen LogP contribution in [-0.4, -0.2) is 27.9 Å². The number of aryl methyl sites for hydroxylation is 2. The van der Waals surface area contributed by atoms with Crippen molar-refractivity contribution < 1.29 is 9.59 Å². The highest BCUT2D eigenvalue weighted by molar-refractivity contribution is 6.06. The number of carbonyl (C=O) groups excluding carboxylic acids is 2. The minimum atomic E-state index is -0.330. The van der Waals surface area contributed by atoms with Crippen molar-refractivity contribution >= 4 is 39.7 Å². The predicted molar refractivity (Wildman–Crippen MR) is 145 cm³/mol. The molecule has 0 saturated heterocycles. The van der Waals surface area contributed by atoms with E-state index in [9.17, 15) is 9.59 Å². The quantitative estimate of drug-likeness (QED) is 0.286. The fourth-order valence-electron chi connectivity index (χ4n) is 4.49. The molecule has 0 aliphatic rings. The van der Waals surface area contributed by atoms with Gasteiger partial charge in [-0.2, -0.15) is 0 Å². The van der Waals surface area contributed by atoms with Gasteiger partial charge < -0.3 is 20.2 Å². The molecule has 0 aliphatic heterocycles. The summed E-state index contributed by atoms with van der Waals surface area (Å²) >= 11 is 0. The summed E-state index contributed by atoms with van der Waals surface area (Å²) in [6.45, 7) is 2.51. The molecule has 180 valence electrons. The Hall–Kier alpha value is -4.58. The monoisotopic (exact) mass is 476 g/mol. The number of fused-ring (bicyclic) bond motifs is 2. The van der Waals surface area contributed by atoms with Gasteiger partial charge in [-0.1, -0.05) is 48.0 Å². The molecule has 5 aromatic rings. The largest absolute Gasteiger partial charge is 0.361 e. The van der Waals surface area contributed by atoms with E-state index in [0.29, 0.717) is 18.5 Å². The van der Waals surface area contributed by atoms with Crippen LogP contribution in [0.5, 0.6) is 0 Å². The molecular weight excluding hydrogens is 448 g/mol. The number of carbonyl (C=O) groups is 2. The van der Waals surface area contributed by atoms with Crippen molar-refractivity contribution in [2.75, 3.05) is 6.54 Å². The van der Waals surface area contributed by atoms with Gasteiger partial charge in [0, 0.05) is 58.9 Å². The van der Waals surface area contributed by atoms with Gasteiger partial charge in [0.05, 0.1) is 0 Å². The number of hydrogen-bond donors (Lipinski definition) is 3. The molecule has 0 atom stereocenters. The summed E-state index contributed by atoms with van der Waals surface area (Å²) in [5, 5.41) is 7.99. The van der Waals surface area contributed by atoms with Crippen LogP contribution in [-0.2, 0) is 18.3 Å². The third-order valence-electron chi connectivity index (χ3n) is 6.36. The van der Waals surface area contributed by atoms with E-state index >= 15 is 0 Å². The lowest BCUT2D eigenvalue weighted by atomic mass is 10.1. The van der Waals surface area contributed by atoms with Crippen molar-refractivity contribution in [3.8, 4) is 0 Å². The van der Waals surface area contributed by atoms with Crippen LogP contribution in [0.3, 0.4) is 0 Å². The van der Waals surface area contributed by atoms with Crippen molar-refractivity contribution in [1.29, 1.82) is 0 Å². The molecule has 0 unspecified atom stereocenters. The zero-order valence-corrected chi connectivity index (χ0v) is 20.3. The second-order valence-corrected chi connectivity index (χ2v) is 8.96. The van der Waals surface area contributed by atoms with Crippen molar-refractivity contribution in [3.63, 3.8) is 0 Å². The SMILES string of the molecule is Cc1ccc2[nH]cc(CCNC(=O)/C(=C/c3cn(C)c4ccccc34)NC(=O)c3ccccc3)c2c1. The standard InChI is InChI=1S/C30H28N4O2/c1-20-12-13-26-25(16-20)22(18-32-26)14-15-31-30(36)27(33-29(35)21-8-4-3-5-9-21)17-23-19-34(2)28-11-7-6-10-24(23)28/h3-13,16-19,32H,14-15H2,1-2H3,(H,31,36)(H,33,35)/b27-17-. The molecule has 2 amide bonds. The number of nitrogens with one attached hydrogen (secondary N) is 3. The third kappa shape index (κ3) is 4.79. The number of amides is 2. The molecule has 5 rings (SSSR count). The number of benzene rings is 3. The fraction of sp³-hybridized carbons (Fsp3) is 0.133. The van der Waals surface area contributed by atoms with Crippen LogP contribution < -0.4 is 10.6 Å². The highest BCUT2D eigenvalue weighted by Gasteiger charge is 2.16. The molecule has 0 saturated carbocycles. The second-order valence-electron chi connectivity index (χ2n) is 8.96. The molecule has 0 aliphatic carbocycles. The van der Waals surface area contributed by atoms with Crippen LogP contribution in [0.2, 0.25) is 0 Å². The number of hydrogen-bond acceptors (Lipinski definition) is 2. The lowest BCUT2D eigenvalue weighted by molar-refractivity contribution is -0.117. The maximum atomic E-state index is 13.3. The lowest BCUT2D eigenvalue weighted by Crippen LogP contribution is -2.35. The predicted octanol–water partition coefficient (Wildman–Crippen LogP) is 5.10. The summed E-state index contributed by atoms with van der Waals surface area (Å²) in [6.07, 6.45) is 6.36. The van der Waals surface area contributed by atoms with Crippen LogP contribution in [0.15, 0.2) is 90.9 Å². The van der Waals surface area contributed by atoms with Gasteiger partial charge in [-0.25, -0.2) is 0 Å². The van der Waals surface area contributed by atoms with E-state index < -0.39 is 0 Å². The van der Waals surface area contributed by atoms with E-state index in [2.05, 4.69) is 40.7 Å². The van der Waals surface area contributed by atoms with Gasteiger partial charge in [0.15, 0.2) is 0 Å². The summed E-state index contributed by atoms with van der Waals surface area (Å²) < 4.78 is 2.01. The molecule has 0 radical (unpaired) electrons. The Morgan fingerprint density at radius 2 is 1.75 bits per heavy atom. The summed E-state index contributed by atoms with van der Waals surface area (Å²) in [6, 6.07) is 23.2. The second kappa shape index (κ2) is 9.96. The molecule has 0 fully saturated rings. The summed E-state index contributed by atoms with van der Waals surface area (Å²) in [5.41, 5.74) is 6.01. The van der Waals surface area contributed by atoms with E-state index in [1.54, 1.807) is 30.3 Å². The first-order valence-electron chi connectivity index (χ1n) is 12.0. The molecule has 6 nitrogen and oxygen atoms in total. The Labute approximate surface area is 209 Å². The molecule has 2 heterocycles. The van der Waals surface area contributed by atoms with Crippen molar-refractivity contribution in [2.24, 2.45) is 7.05 Å². The van der Waals surface area contributed by atoms with Crippen molar-refractivity contribution in [1.82, 2.24) is 20.2 Å². The Balaban J connectivity index is 1.39. The fourth-order valence-corrected chi connectivity index (χ4v) is 4.49. The van der Waals surface area contributed by atoms with Crippen LogP contribution in [0, 0.1) is 6.92 Å². The first-order chi connectivity index (χ1) is 17.5. The minimum Gasteiger partial charge on any atom is -0.361 e. The summed E-state index contributed by atoms with van der Waals surface area (Å²) in [4.78, 5) is 29.5. The summed E-state index contributed by atoms with van der Waals surface area (Å²) in [5.74, 6) is -0.660. The van der Waals surface area contributed by atoms with Crippen molar-refractivity contribution in [3.05, 3.63) is 113 Å². The molecule has 36 heavy (non-hydrogen) atoms. The van der Waals surface area contributed by atoms with E-state index in [4.69, 9.17) is 0 Å². The first kappa shape index (κ1) is 23.2. The van der Waals surface area contributed by atoms with Gasteiger partial charge in [0.25, 0.3) is 11.8 Å². The first-order valence-corrected chi connectivity index (χ1v) is 12.0. The average molecular weight is 477 g/mol. The third-order valence-corrected chi connectivity index (χ3v) is 6.36. The van der Waals surface area contributed by atoms with Crippen molar-refractivity contribution in [2.45, 2.75) is 13.3 Å².